The molecule has 0 amide bonds. The van der Waals surface area contributed by atoms with E-state index in [1.807, 2.05) is 0 Å². The number of hydrogen-bond donors (Lipinski definition) is 1. The quantitative estimate of drug-likeness (QED) is 0.440. The fourth-order valence-corrected chi connectivity index (χ4v) is 1.94. The highest BCUT2D eigenvalue weighted by molar-refractivity contribution is 6.42. The molecule has 0 aromatic heterocycles. The van der Waals surface area contributed by atoms with Gasteiger partial charge in [-0.3, -0.25) is 0 Å². The number of hydrogen-bond acceptors (Lipinski definition) is 1. The first kappa shape index (κ1) is 8.92. The molecule has 0 bridgehead atoms. The van der Waals surface area contributed by atoms with Crippen LogP contribution in [0.1, 0.15) is 20.3 Å². The van der Waals surface area contributed by atoms with Crippen LogP contribution in [0.15, 0.2) is 11.8 Å². The van der Waals surface area contributed by atoms with E-state index in [1.54, 1.807) is 0 Å². The average molecular weight is 143 g/mol. The molecule has 1 nitrogen and oxygen atoms in total. The van der Waals surface area contributed by atoms with Crippen LogP contribution in [0.25, 0.3) is 0 Å². The Balaban J connectivity index is 2.82. The third-order valence-corrected chi connectivity index (χ3v) is 2.45. The summed E-state index contributed by atoms with van der Waals surface area (Å²) in [5, 5.41) is 3.32. The van der Waals surface area contributed by atoms with E-state index in [-0.39, 0.29) is 9.52 Å². The van der Waals surface area contributed by atoms with E-state index < -0.39 is 0 Å². The molecule has 54 valence electrons. The van der Waals surface area contributed by atoms with E-state index in [4.69, 9.17) is 0 Å². The molecule has 1 N–H and O–H groups in total. The Morgan fingerprint density at radius 1 is 1.44 bits per heavy atom. The third-order valence-electron chi connectivity index (χ3n) is 1.14. The highest BCUT2D eigenvalue weighted by Gasteiger charge is 1.78. The number of rotatable bonds is 5. The van der Waals surface area contributed by atoms with Crippen molar-refractivity contribution in [3.8, 4) is 0 Å². The van der Waals surface area contributed by atoms with Gasteiger partial charge >= 0.3 is 0 Å². The molecular weight excluding hydrogens is 126 g/mol. The summed E-state index contributed by atoms with van der Waals surface area (Å²) >= 11 is 0. The zero-order chi connectivity index (χ0) is 6.95. The molecule has 9 heavy (non-hydrogen) atoms. The highest BCUT2D eigenvalue weighted by atomic mass is 28.2. The van der Waals surface area contributed by atoms with Crippen LogP contribution in [0.2, 0.25) is 0 Å². The molecule has 0 fully saturated rings. The van der Waals surface area contributed by atoms with E-state index in [2.05, 4.69) is 30.9 Å². The molecule has 0 spiro atoms. The monoisotopic (exact) mass is 143 g/mol. The maximum Gasteiger partial charge on any atom is 0.0605 e. The van der Waals surface area contributed by atoms with Crippen LogP contribution in [-0.4, -0.2) is 22.2 Å². The smallest absolute Gasteiger partial charge is 0.0605 e. The van der Waals surface area contributed by atoms with Crippen molar-refractivity contribution in [1.29, 1.82) is 0 Å². The summed E-state index contributed by atoms with van der Waals surface area (Å²) in [6.45, 7) is 5.45. The van der Waals surface area contributed by atoms with E-state index in [0.29, 0.717) is 0 Å². The molecule has 0 saturated heterocycles. The Morgan fingerprint density at radius 2 is 2.22 bits per heavy atom. The molecule has 0 aromatic carbocycles. The van der Waals surface area contributed by atoms with Crippen LogP contribution in [0, 0.1) is 0 Å². The van der Waals surface area contributed by atoms with Gasteiger partial charge in [0, 0.05) is 0 Å². The lowest BCUT2D eigenvalue weighted by Gasteiger charge is -1.93. The first-order valence-corrected chi connectivity index (χ1v) is 5.59. The van der Waals surface area contributed by atoms with Crippen LogP contribution >= 0.6 is 0 Å². The summed E-state index contributed by atoms with van der Waals surface area (Å²) in [6.07, 6.45) is 4.72. The van der Waals surface area contributed by atoms with E-state index in [1.165, 1.54) is 12.6 Å². The Morgan fingerprint density at radius 3 is 2.78 bits per heavy atom. The van der Waals surface area contributed by atoms with Gasteiger partial charge in [0.05, 0.1) is 9.52 Å². The van der Waals surface area contributed by atoms with Crippen molar-refractivity contribution in [2.45, 2.75) is 20.3 Å². The van der Waals surface area contributed by atoms with Gasteiger partial charge in [0.25, 0.3) is 0 Å². The second-order valence-electron chi connectivity index (χ2n) is 2.02. The minimum Gasteiger partial charge on any atom is -0.320 e. The summed E-state index contributed by atoms with van der Waals surface area (Å²) in [5.41, 5.74) is 2.36. The zero-order valence-corrected chi connectivity index (χ0v) is 7.90. The van der Waals surface area contributed by atoms with Crippen LogP contribution in [0.5, 0.6) is 0 Å². The van der Waals surface area contributed by atoms with E-state index in [0.717, 1.165) is 6.54 Å². The molecule has 0 aliphatic rings. The predicted octanol–water partition coefficient (Wildman–Crippen LogP) is 0.646. The van der Waals surface area contributed by atoms with Gasteiger partial charge in [0.15, 0.2) is 0 Å². The van der Waals surface area contributed by atoms with Crippen molar-refractivity contribution >= 4 is 9.52 Å². The lowest BCUT2D eigenvalue weighted by atomic mass is 10.5. The van der Waals surface area contributed by atoms with Crippen molar-refractivity contribution in [1.82, 2.24) is 5.32 Å². The van der Waals surface area contributed by atoms with Crippen molar-refractivity contribution in [2.75, 3.05) is 12.7 Å². The Kier molecular flexibility index (Phi) is 7.84. The molecule has 0 unspecified atom stereocenters. The summed E-state index contributed by atoms with van der Waals surface area (Å²) in [6, 6.07) is 0. The molecule has 0 radical (unpaired) electrons. The van der Waals surface area contributed by atoms with Crippen molar-refractivity contribution in [2.24, 2.45) is 0 Å². The predicted molar refractivity (Wildman–Crippen MR) is 46.5 cm³/mol. The second-order valence-corrected chi connectivity index (χ2v) is 3.57. The second kappa shape index (κ2) is 7.92. The fraction of sp³-hybridized carbons (Fsp3) is 0.714. The molecule has 0 atom stereocenters. The normalized spacial score (nSPS) is 12.2. The zero-order valence-electron chi connectivity index (χ0n) is 6.48. The molecule has 0 heterocycles. The molecule has 2 heteroatoms. The molecule has 0 saturated carbocycles. The SMILES string of the molecule is CCC=C[SiH2]CNCC. The van der Waals surface area contributed by atoms with E-state index in [9.17, 15) is 0 Å². The average Bonchev–Trinajstić information content (AvgIpc) is 1.89. The standard InChI is InChI=1S/C7H17NSi/c1-3-5-6-9-7-8-4-2/h5-6,8H,3-4,7,9H2,1-2H3. The molecular formula is C7H17NSi. The lowest BCUT2D eigenvalue weighted by Crippen LogP contribution is -2.18. The number of allylic oxidation sites excluding steroid dienone is 1. The fourth-order valence-electron chi connectivity index (χ4n) is 0.647. The minimum atomic E-state index is 0.0977. The Labute approximate surface area is 60.4 Å². The van der Waals surface area contributed by atoms with E-state index >= 15 is 0 Å². The van der Waals surface area contributed by atoms with Gasteiger partial charge < -0.3 is 5.32 Å². The van der Waals surface area contributed by atoms with Gasteiger partial charge in [-0.1, -0.05) is 19.9 Å². The molecule has 0 aromatic rings. The molecule has 0 aliphatic heterocycles. The van der Waals surface area contributed by atoms with Gasteiger partial charge in [0.1, 0.15) is 0 Å². The highest BCUT2D eigenvalue weighted by Crippen LogP contribution is 1.75. The van der Waals surface area contributed by atoms with Gasteiger partial charge in [0.2, 0.25) is 0 Å². The minimum absolute atomic E-state index is 0.0977. The van der Waals surface area contributed by atoms with Gasteiger partial charge in [-0.05, 0) is 19.1 Å². The maximum absolute atomic E-state index is 3.32. The van der Waals surface area contributed by atoms with Crippen molar-refractivity contribution in [3.05, 3.63) is 11.8 Å². The summed E-state index contributed by atoms with van der Waals surface area (Å²) in [5.74, 6) is 0. The van der Waals surface area contributed by atoms with Crippen LogP contribution in [-0.2, 0) is 0 Å². The van der Waals surface area contributed by atoms with Crippen molar-refractivity contribution in [3.63, 3.8) is 0 Å². The summed E-state index contributed by atoms with van der Waals surface area (Å²) in [7, 11) is 0.0977. The van der Waals surface area contributed by atoms with Crippen molar-refractivity contribution < 1.29 is 0 Å². The molecule has 0 rings (SSSR count). The maximum atomic E-state index is 3.32. The Bertz CT molecular complexity index is 71.3. The van der Waals surface area contributed by atoms with Gasteiger partial charge in [-0.25, -0.2) is 0 Å². The Hall–Kier alpha value is -0.0831. The van der Waals surface area contributed by atoms with Crippen LogP contribution in [0.3, 0.4) is 0 Å². The summed E-state index contributed by atoms with van der Waals surface area (Å²) in [4.78, 5) is 0. The van der Waals surface area contributed by atoms with Crippen LogP contribution in [0.4, 0.5) is 0 Å². The largest absolute Gasteiger partial charge is 0.320 e. The summed E-state index contributed by atoms with van der Waals surface area (Å²) < 4.78 is 0. The first-order chi connectivity index (χ1) is 4.41. The lowest BCUT2D eigenvalue weighted by molar-refractivity contribution is 0.831. The topological polar surface area (TPSA) is 12.0 Å². The first-order valence-electron chi connectivity index (χ1n) is 3.77. The number of nitrogens with one attached hydrogen (secondary N) is 1. The van der Waals surface area contributed by atoms with Crippen LogP contribution < -0.4 is 5.32 Å². The molecule has 0 aliphatic carbocycles. The third kappa shape index (κ3) is 7.92. The van der Waals surface area contributed by atoms with Gasteiger partial charge in [-0.15, -0.1) is 5.70 Å². The van der Waals surface area contributed by atoms with Gasteiger partial charge in [-0.2, -0.15) is 0 Å².